The van der Waals surface area contributed by atoms with E-state index in [1.807, 2.05) is 6.07 Å². The highest BCUT2D eigenvalue weighted by Crippen LogP contribution is 2.34. The van der Waals surface area contributed by atoms with E-state index in [-0.39, 0.29) is 0 Å². The van der Waals surface area contributed by atoms with Crippen molar-refractivity contribution in [2.45, 2.75) is 27.2 Å². The Morgan fingerprint density at radius 3 is 2.47 bits per heavy atom. The summed E-state index contributed by atoms with van der Waals surface area (Å²) in [5, 5.41) is 12.9. The number of benzene rings is 2. The summed E-state index contributed by atoms with van der Waals surface area (Å²) in [6.07, 6.45) is 1.15. The molecular formula is C25H34N2O3. The number of hydrogen-bond donors (Lipinski definition) is 3. The minimum atomic E-state index is 0.354. The van der Waals surface area contributed by atoms with Crippen molar-refractivity contribution in [1.82, 2.24) is 10.3 Å². The first-order chi connectivity index (χ1) is 14.5. The molecule has 0 radical (unpaired) electrons. The van der Waals surface area contributed by atoms with Crippen molar-refractivity contribution in [1.29, 1.82) is 0 Å². The van der Waals surface area contributed by atoms with E-state index in [0.29, 0.717) is 25.0 Å². The molecule has 3 aromatic rings. The van der Waals surface area contributed by atoms with E-state index in [9.17, 15) is 0 Å². The van der Waals surface area contributed by atoms with Crippen molar-refractivity contribution in [3.05, 3.63) is 48.2 Å². The molecule has 1 unspecified atom stereocenters. The van der Waals surface area contributed by atoms with Crippen molar-refractivity contribution in [2.75, 3.05) is 33.4 Å². The number of fused-ring (bicyclic) bond motifs is 1. The predicted octanol–water partition coefficient (Wildman–Crippen LogP) is 4.77. The van der Waals surface area contributed by atoms with Crippen LogP contribution in [0.2, 0.25) is 0 Å². The van der Waals surface area contributed by atoms with Crippen molar-refractivity contribution >= 4 is 10.9 Å². The third-order valence-electron chi connectivity index (χ3n) is 5.25. The largest absolute Gasteiger partial charge is 0.493 e. The van der Waals surface area contributed by atoms with Gasteiger partial charge in [0.1, 0.15) is 0 Å². The lowest BCUT2D eigenvalue weighted by Crippen LogP contribution is -2.11. The number of hydrogen-bond acceptors (Lipinski definition) is 4. The number of aromatic nitrogens is 1. The first-order valence-corrected chi connectivity index (χ1v) is 10.7. The summed E-state index contributed by atoms with van der Waals surface area (Å²) in [5.41, 5.74) is 4.64. The summed E-state index contributed by atoms with van der Waals surface area (Å²) in [7, 11) is 1.67. The second-order valence-corrected chi connectivity index (χ2v) is 8.37. The summed E-state index contributed by atoms with van der Waals surface area (Å²) < 4.78 is 11.3. The van der Waals surface area contributed by atoms with Crippen LogP contribution in [0.15, 0.2) is 42.5 Å². The molecule has 4 rings (SSSR count). The van der Waals surface area contributed by atoms with Crippen LogP contribution in [0.25, 0.3) is 22.0 Å². The molecule has 5 nitrogen and oxygen atoms in total. The first-order valence-electron chi connectivity index (χ1n) is 10.7. The number of methoxy groups -OCH3 is 1. The highest BCUT2D eigenvalue weighted by molar-refractivity contribution is 5.86. The molecule has 30 heavy (non-hydrogen) atoms. The standard InChI is InChI=1S/C20H23NO2.C5H11NO/c1-13(2)12-23-20-11-16(6-8-19(20)22-4)15-5-7-18-17(10-15)9-14(3)21-18;7-4-5-1-2-6-3-5/h5-11,13,21H,12H2,1-4H3;5-7H,1-4H2. The van der Waals surface area contributed by atoms with Gasteiger partial charge in [0.25, 0.3) is 0 Å². The number of aliphatic hydroxyl groups is 1. The number of aromatic amines is 1. The summed E-state index contributed by atoms with van der Waals surface area (Å²) in [4.78, 5) is 3.35. The number of ether oxygens (including phenoxy) is 2. The van der Waals surface area contributed by atoms with Crippen molar-refractivity contribution < 1.29 is 14.6 Å². The molecule has 0 aliphatic carbocycles. The fraction of sp³-hybridized carbons (Fsp3) is 0.440. The topological polar surface area (TPSA) is 66.5 Å². The summed E-state index contributed by atoms with van der Waals surface area (Å²) in [5.74, 6) is 2.58. The molecule has 0 saturated carbocycles. The molecule has 162 valence electrons. The van der Waals surface area contributed by atoms with Crippen LogP contribution in [-0.4, -0.2) is 43.5 Å². The van der Waals surface area contributed by atoms with Gasteiger partial charge in [-0.15, -0.1) is 0 Å². The monoisotopic (exact) mass is 410 g/mol. The number of aliphatic hydroxyl groups excluding tert-OH is 1. The Bertz CT molecular complexity index is 943. The van der Waals surface area contributed by atoms with E-state index in [1.54, 1.807) is 7.11 Å². The molecule has 0 amide bonds. The lowest BCUT2D eigenvalue weighted by atomic mass is 10.0. The van der Waals surface area contributed by atoms with Crippen LogP contribution in [0, 0.1) is 18.8 Å². The average molecular weight is 411 g/mol. The van der Waals surface area contributed by atoms with Crippen LogP contribution in [0.4, 0.5) is 0 Å². The quantitative estimate of drug-likeness (QED) is 0.547. The van der Waals surface area contributed by atoms with Gasteiger partial charge < -0.3 is 24.9 Å². The van der Waals surface area contributed by atoms with E-state index in [0.717, 1.165) is 42.1 Å². The van der Waals surface area contributed by atoms with Crippen LogP contribution in [-0.2, 0) is 0 Å². The second kappa shape index (κ2) is 10.5. The normalized spacial score (nSPS) is 15.9. The van der Waals surface area contributed by atoms with Gasteiger partial charge in [-0.3, -0.25) is 0 Å². The number of H-pyrrole nitrogens is 1. The zero-order chi connectivity index (χ0) is 21.5. The highest BCUT2D eigenvalue weighted by atomic mass is 16.5. The number of nitrogens with one attached hydrogen (secondary N) is 2. The number of aryl methyl sites for hydroxylation is 1. The maximum Gasteiger partial charge on any atom is 0.161 e. The van der Waals surface area contributed by atoms with Gasteiger partial charge in [0.15, 0.2) is 11.5 Å². The van der Waals surface area contributed by atoms with Crippen LogP contribution in [0.5, 0.6) is 11.5 Å². The SMILES string of the molecule is COc1ccc(-c2ccc3[nH]c(C)cc3c2)cc1OCC(C)C.OCC1CCNC1. The molecule has 5 heteroatoms. The Morgan fingerprint density at radius 1 is 1.07 bits per heavy atom. The van der Waals surface area contributed by atoms with Crippen molar-refractivity contribution in [2.24, 2.45) is 11.8 Å². The van der Waals surface area contributed by atoms with E-state index in [1.165, 1.54) is 16.6 Å². The van der Waals surface area contributed by atoms with E-state index in [2.05, 4.69) is 67.5 Å². The van der Waals surface area contributed by atoms with Crippen molar-refractivity contribution in [3.63, 3.8) is 0 Å². The summed E-state index contributed by atoms with van der Waals surface area (Å²) in [6, 6.07) is 14.7. The predicted molar refractivity (Wildman–Crippen MR) is 123 cm³/mol. The van der Waals surface area contributed by atoms with Crippen LogP contribution in [0.1, 0.15) is 26.0 Å². The van der Waals surface area contributed by atoms with Gasteiger partial charge in [0, 0.05) is 29.7 Å². The average Bonchev–Trinajstić information content (AvgIpc) is 3.40. The maximum atomic E-state index is 8.53. The second-order valence-electron chi connectivity index (χ2n) is 8.37. The van der Waals surface area contributed by atoms with Gasteiger partial charge in [0.05, 0.1) is 13.7 Å². The zero-order valence-corrected chi connectivity index (χ0v) is 18.5. The van der Waals surface area contributed by atoms with Gasteiger partial charge in [-0.2, -0.15) is 0 Å². The van der Waals surface area contributed by atoms with E-state index >= 15 is 0 Å². The van der Waals surface area contributed by atoms with E-state index in [4.69, 9.17) is 14.6 Å². The fourth-order valence-electron chi connectivity index (χ4n) is 3.55. The molecule has 1 fully saturated rings. The molecule has 1 aliphatic rings. The van der Waals surface area contributed by atoms with Crippen LogP contribution in [0.3, 0.4) is 0 Å². The van der Waals surface area contributed by atoms with Gasteiger partial charge in [-0.1, -0.05) is 26.0 Å². The maximum absolute atomic E-state index is 8.53. The molecule has 1 saturated heterocycles. The smallest absolute Gasteiger partial charge is 0.161 e. The zero-order valence-electron chi connectivity index (χ0n) is 18.5. The Balaban J connectivity index is 0.000000310. The highest BCUT2D eigenvalue weighted by Gasteiger charge is 2.11. The minimum absolute atomic E-state index is 0.354. The number of rotatable bonds is 6. The van der Waals surface area contributed by atoms with Gasteiger partial charge in [-0.25, -0.2) is 0 Å². The molecule has 0 spiro atoms. The van der Waals surface area contributed by atoms with Gasteiger partial charge >= 0.3 is 0 Å². The fourth-order valence-corrected chi connectivity index (χ4v) is 3.55. The van der Waals surface area contributed by atoms with Gasteiger partial charge in [0.2, 0.25) is 0 Å². The third kappa shape index (κ3) is 5.77. The summed E-state index contributed by atoms with van der Waals surface area (Å²) >= 11 is 0. The molecule has 0 bridgehead atoms. The summed E-state index contributed by atoms with van der Waals surface area (Å²) in [6.45, 7) is 9.48. The molecule has 2 heterocycles. The molecular weight excluding hydrogens is 376 g/mol. The Labute approximate surface area is 179 Å². The lowest BCUT2D eigenvalue weighted by Gasteiger charge is -2.14. The molecule has 1 atom stereocenters. The lowest BCUT2D eigenvalue weighted by molar-refractivity contribution is 0.237. The Kier molecular flexibility index (Phi) is 7.77. The first kappa shape index (κ1) is 22.2. The Hall–Kier alpha value is -2.50. The Morgan fingerprint density at radius 2 is 1.83 bits per heavy atom. The van der Waals surface area contributed by atoms with Crippen molar-refractivity contribution in [3.8, 4) is 22.6 Å². The van der Waals surface area contributed by atoms with Gasteiger partial charge in [-0.05, 0) is 73.2 Å². The van der Waals surface area contributed by atoms with E-state index < -0.39 is 0 Å². The van der Waals surface area contributed by atoms with Crippen LogP contribution < -0.4 is 14.8 Å². The molecule has 1 aliphatic heterocycles. The van der Waals surface area contributed by atoms with Crippen LogP contribution >= 0.6 is 0 Å². The minimum Gasteiger partial charge on any atom is -0.493 e. The molecule has 3 N–H and O–H groups in total. The molecule has 1 aromatic heterocycles. The third-order valence-corrected chi connectivity index (χ3v) is 5.25. The molecule has 2 aromatic carbocycles.